The zero-order chi connectivity index (χ0) is 32.0. The summed E-state index contributed by atoms with van der Waals surface area (Å²) < 4.78 is 47.8. The number of nitrogens with one attached hydrogen (secondary N) is 1. The highest BCUT2D eigenvalue weighted by molar-refractivity contribution is 7.92. The van der Waals surface area contributed by atoms with Crippen molar-refractivity contribution >= 4 is 54.1 Å². The molecule has 0 spiro atoms. The first-order valence-corrected chi connectivity index (χ1v) is 16.8. The Morgan fingerprint density at radius 1 is 0.956 bits per heavy atom. The number of hydrogen-bond donors (Lipinski definition) is 1. The van der Waals surface area contributed by atoms with Crippen LogP contribution < -0.4 is 9.62 Å². The Kier molecular flexibility index (Phi) is 7.94. The van der Waals surface area contributed by atoms with E-state index in [4.69, 9.17) is 9.40 Å². The van der Waals surface area contributed by atoms with Crippen LogP contribution >= 0.6 is 11.3 Å². The van der Waals surface area contributed by atoms with Gasteiger partial charge in [0.15, 0.2) is 0 Å². The summed E-state index contributed by atoms with van der Waals surface area (Å²) in [7, 11) is 3.39. The molecule has 1 amide bonds. The second-order valence-corrected chi connectivity index (χ2v) is 14.2. The van der Waals surface area contributed by atoms with Crippen molar-refractivity contribution in [1.82, 2.24) is 15.2 Å². The first-order valence-electron chi connectivity index (χ1n) is 14.1. The van der Waals surface area contributed by atoms with Crippen molar-refractivity contribution in [3.05, 3.63) is 95.8 Å². The third-order valence-electron chi connectivity index (χ3n) is 7.58. The molecule has 0 fully saturated rings. The Morgan fingerprint density at radius 3 is 2.38 bits per heavy atom. The number of carbonyl (C=O) groups excluding carboxylic acids is 1. The molecule has 230 valence electrons. The van der Waals surface area contributed by atoms with E-state index in [1.165, 1.54) is 48.2 Å². The lowest BCUT2D eigenvalue weighted by Crippen LogP contribution is -2.25. The molecule has 0 unspecified atom stereocenters. The van der Waals surface area contributed by atoms with Gasteiger partial charge in [0.1, 0.15) is 22.2 Å². The van der Waals surface area contributed by atoms with Gasteiger partial charge in [0.25, 0.3) is 5.91 Å². The largest absolute Gasteiger partial charge is 0.455 e. The van der Waals surface area contributed by atoms with Crippen LogP contribution in [0.25, 0.3) is 54.2 Å². The second-order valence-electron chi connectivity index (χ2n) is 11.1. The van der Waals surface area contributed by atoms with Gasteiger partial charge in [0, 0.05) is 48.8 Å². The van der Waals surface area contributed by atoms with Crippen LogP contribution in [0.5, 0.6) is 0 Å². The molecule has 45 heavy (non-hydrogen) atoms. The van der Waals surface area contributed by atoms with Gasteiger partial charge in [-0.1, -0.05) is 24.3 Å². The van der Waals surface area contributed by atoms with Gasteiger partial charge in [-0.15, -0.1) is 11.3 Å². The smallest absolute Gasteiger partial charge is 0.255 e. The predicted octanol–water partition coefficient (Wildman–Crippen LogP) is 7.00. The van der Waals surface area contributed by atoms with E-state index in [0.29, 0.717) is 27.8 Å². The molecular formula is C34H31FN4O4S2. The molecule has 6 aromatic rings. The van der Waals surface area contributed by atoms with Crippen LogP contribution in [0.3, 0.4) is 0 Å². The van der Waals surface area contributed by atoms with Crippen LogP contribution in [0.15, 0.2) is 83.3 Å². The summed E-state index contributed by atoms with van der Waals surface area (Å²) in [5, 5.41) is 4.00. The number of carbonyl (C=O) groups is 1. The maximum atomic E-state index is 13.7. The van der Waals surface area contributed by atoms with Gasteiger partial charge in [-0.2, -0.15) is 0 Å². The third-order valence-corrected chi connectivity index (χ3v) is 9.83. The van der Waals surface area contributed by atoms with Crippen LogP contribution in [0, 0.1) is 5.82 Å². The molecule has 0 aliphatic rings. The number of fused-ring (bicyclic) bond motifs is 2. The SMILES string of the molecule is CNC(=O)c1c(-c2ccc(F)cc2)oc2cc(N(C)S(C)(=O)=O)c(-c3cccc(-c4nc5ccc(CN(C)C)cc5s4)c3)cc12. The number of nitrogens with zero attached hydrogens (tertiary/aromatic N) is 3. The number of anilines is 1. The van der Waals surface area contributed by atoms with Crippen LogP contribution in [-0.2, 0) is 16.6 Å². The second kappa shape index (κ2) is 11.7. The molecule has 0 saturated carbocycles. The Balaban J connectivity index is 1.55. The fraction of sp³-hybridized carbons (Fsp3) is 0.176. The van der Waals surface area contributed by atoms with Gasteiger partial charge in [-0.25, -0.2) is 17.8 Å². The quantitative estimate of drug-likeness (QED) is 0.192. The van der Waals surface area contributed by atoms with E-state index in [-0.39, 0.29) is 17.2 Å². The number of sulfonamides is 1. The average molecular weight is 643 g/mol. The summed E-state index contributed by atoms with van der Waals surface area (Å²) in [6.07, 6.45) is 1.13. The predicted molar refractivity (Wildman–Crippen MR) is 180 cm³/mol. The van der Waals surface area contributed by atoms with Crippen molar-refractivity contribution in [3.63, 3.8) is 0 Å². The standard InChI is InChI=1S/C34H31FN4O4S2/c1-36-33(40)31-26-17-25(28(39(4)45(5,41)42)18-29(26)43-32(31)21-10-12-24(35)13-11-21)22-7-6-8-23(16-22)34-37-27-14-9-20(19-38(2)3)15-30(27)44-34/h6-18H,19H2,1-5H3,(H,36,40). The molecule has 0 radical (unpaired) electrons. The fourth-order valence-electron chi connectivity index (χ4n) is 5.33. The van der Waals surface area contributed by atoms with Gasteiger partial charge < -0.3 is 14.6 Å². The molecule has 0 atom stereocenters. The number of thiazole rings is 1. The molecule has 4 aromatic carbocycles. The van der Waals surface area contributed by atoms with E-state index < -0.39 is 15.8 Å². The van der Waals surface area contributed by atoms with Crippen LogP contribution in [0.2, 0.25) is 0 Å². The van der Waals surface area contributed by atoms with Gasteiger partial charge in [-0.3, -0.25) is 9.10 Å². The normalized spacial score (nSPS) is 11.9. The van der Waals surface area contributed by atoms with E-state index in [1.54, 1.807) is 23.5 Å². The molecule has 0 aliphatic carbocycles. The van der Waals surface area contributed by atoms with E-state index in [2.05, 4.69) is 22.3 Å². The summed E-state index contributed by atoms with van der Waals surface area (Å²) in [5.41, 5.74) is 5.78. The van der Waals surface area contributed by atoms with Crippen LogP contribution in [-0.4, -0.2) is 58.7 Å². The van der Waals surface area contributed by atoms with Gasteiger partial charge >= 0.3 is 0 Å². The number of furan rings is 1. The fourth-order valence-corrected chi connectivity index (χ4v) is 6.87. The van der Waals surface area contributed by atoms with Gasteiger partial charge in [0.05, 0.1) is 27.7 Å². The molecule has 6 rings (SSSR count). The Bertz CT molecular complexity index is 2190. The Hall–Kier alpha value is -4.58. The van der Waals surface area contributed by atoms with Crippen molar-refractivity contribution in [2.75, 3.05) is 38.8 Å². The van der Waals surface area contributed by atoms with Crippen molar-refractivity contribution in [2.45, 2.75) is 6.54 Å². The molecule has 2 heterocycles. The number of halogens is 1. The van der Waals surface area contributed by atoms with Crippen molar-refractivity contribution in [2.24, 2.45) is 0 Å². The number of aromatic nitrogens is 1. The summed E-state index contributed by atoms with van der Waals surface area (Å²) in [4.78, 5) is 20.2. The zero-order valence-corrected chi connectivity index (χ0v) is 27.0. The first kappa shape index (κ1) is 30.4. The number of rotatable bonds is 8. The summed E-state index contributed by atoms with van der Waals surface area (Å²) in [5.74, 6) is -0.552. The monoisotopic (exact) mass is 642 g/mol. The van der Waals surface area contributed by atoms with E-state index in [9.17, 15) is 17.6 Å². The van der Waals surface area contributed by atoms with E-state index >= 15 is 0 Å². The topological polar surface area (TPSA) is 95.8 Å². The van der Waals surface area contributed by atoms with Crippen LogP contribution in [0.1, 0.15) is 15.9 Å². The molecule has 0 saturated heterocycles. The summed E-state index contributed by atoms with van der Waals surface area (Å²) >= 11 is 1.59. The Morgan fingerprint density at radius 2 is 1.69 bits per heavy atom. The van der Waals surface area contributed by atoms with Crippen molar-refractivity contribution in [3.8, 4) is 33.0 Å². The maximum Gasteiger partial charge on any atom is 0.255 e. The lowest BCUT2D eigenvalue weighted by atomic mass is 9.97. The van der Waals surface area contributed by atoms with E-state index in [1.807, 2.05) is 44.4 Å². The lowest BCUT2D eigenvalue weighted by Gasteiger charge is -2.21. The molecular weight excluding hydrogens is 612 g/mol. The average Bonchev–Trinajstić information content (AvgIpc) is 3.60. The number of benzene rings is 4. The minimum absolute atomic E-state index is 0.256. The lowest BCUT2D eigenvalue weighted by molar-refractivity contribution is 0.0964. The molecule has 1 N–H and O–H groups in total. The Labute approximate surface area is 264 Å². The number of amides is 1. The van der Waals surface area contributed by atoms with Crippen LogP contribution in [0.4, 0.5) is 10.1 Å². The summed E-state index contributed by atoms with van der Waals surface area (Å²) in [6.45, 7) is 0.826. The molecule has 2 aromatic heterocycles. The van der Waals surface area contributed by atoms with Crippen molar-refractivity contribution in [1.29, 1.82) is 0 Å². The highest BCUT2D eigenvalue weighted by Crippen LogP contribution is 2.42. The first-order chi connectivity index (χ1) is 21.4. The summed E-state index contributed by atoms with van der Waals surface area (Å²) in [6, 6.07) is 23.1. The highest BCUT2D eigenvalue weighted by atomic mass is 32.2. The maximum absolute atomic E-state index is 13.7. The molecule has 0 bridgehead atoms. The van der Waals surface area contributed by atoms with Gasteiger partial charge in [-0.05, 0) is 73.8 Å². The van der Waals surface area contributed by atoms with E-state index in [0.717, 1.165) is 39.2 Å². The third kappa shape index (κ3) is 5.94. The highest BCUT2D eigenvalue weighted by Gasteiger charge is 2.26. The van der Waals surface area contributed by atoms with Gasteiger partial charge in [0.2, 0.25) is 10.0 Å². The number of hydrogen-bond acceptors (Lipinski definition) is 7. The minimum atomic E-state index is -3.67. The molecule has 11 heteroatoms. The zero-order valence-electron chi connectivity index (χ0n) is 25.4. The molecule has 0 aliphatic heterocycles. The molecule has 8 nitrogen and oxygen atoms in total. The minimum Gasteiger partial charge on any atom is -0.455 e. The van der Waals surface area contributed by atoms with Crippen molar-refractivity contribution < 1.29 is 22.0 Å².